The number of hydrogen-bond acceptors (Lipinski definition) is 5. The number of ketones is 1. The van der Waals surface area contributed by atoms with Crippen molar-refractivity contribution in [2.45, 2.75) is 6.54 Å². The molecule has 2 rings (SSSR count). The highest BCUT2D eigenvalue weighted by Crippen LogP contribution is 2.13. The molecule has 0 spiro atoms. The van der Waals surface area contributed by atoms with Gasteiger partial charge < -0.3 is 0 Å². The van der Waals surface area contributed by atoms with Gasteiger partial charge in [-0.1, -0.05) is 12.1 Å². The normalized spacial score (nSPS) is 10.1. The number of carbonyl (C=O) groups excluding carboxylic acids is 1. The molecule has 0 aliphatic heterocycles. The largest absolute Gasteiger partial charge is 0.347 e. The zero-order chi connectivity index (χ0) is 13.8. The Bertz CT molecular complexity index is 693. The van der Waals surface area contributed by atoms with E-state index in [-0.39, 0.29) is 23.6 Å². The summed E-state index contributed by atoms with van der Waals surface area (Å²) in [5, 5.41) is 10.6. The van der Waals surface area contributed by atoms with Gasteiger partial charge in [0.15, 0.2) is 5.78 Å². The first-order chi connectivity index (χ1) is 9.08. The van der Waals surface area contributed by atoms with Crippen LogP contribution in [0.1, 0.15) is 10.4 Å². The van der Waals surface area contributed by atoms with E-state index in [1.807, 2.05) is 0 Å². The van der Waals surface area contributed by atoms with Crippen molar-refractivity contribution < 1.29 is 9.72 Å². The number of nitro groups is 1. The van der Waals surface area contributed by atoms with E-state index >= 15 is 0 Å². The smallest absolute Gasteiger partial charge is 0.292 e. The summed E-state index contributed by atoms with van der Waals surface area (Å²) < 4.78 is 1.14. The van der Waals surface area contributed by atoms with Crippen LogP contribution in [0.3, 0.4) is 0 Å². The molecule has 0 aliphatic carbocycles. The van der Waals surface area contributed by atoms with Crippen LogP contribution in [0.5, 0.6) is 0 Å². The number of rotatable bonds is 4. The second kappa shape index (κ2) is 5.21. The predicted molar refractivity (Wildman–Crippen MR) is 65.9 cm³/mol. The molecule has 2 aromatic rings. The third-order valence-corrected chi connectivity index (χ3v) is 2.48. The number of nitro benzene ring substituents is 1. The topological polar surface area (TPSA) is 95.1 Å². The third-order valence-electron chi connectivity index (χ3n) is 2.48. The van der Waals surface area contributed by atoms with E-state index in [1.165, 1.54) is 42.7 Å². The Labute approximate surface area is 107 Å². The second-order valence-electron chi connectivity index (χ2n) is 3.76. The van der Waals surface area contributed by atoms with Gasteiger partial charge >= 0.3 is 5.69 Å². The van der Waals surface area contributed by atoms with E-state index in [0.717, 1.165) is 4.57 Å². The van der Waals surface area contributed by atoms with Gasteiger partial charge in [-0.15, -0.1) is 0 Å². The molecule has 0 saturated heterocycles. The van der Waals surface area contributed by atoms with Crippen LogP contribution < -0.4 is 5.69 Å². The molecular formula is C12H9N3O4. The molecule has 19 heavy (non-hydrogen) atoms. The Balaban J connectivity index is 2.26. The fraction of sp³-hybridized carbons (Fsp3) is 0.0833. The van der Waals surface area contributed by atoms with E-state index in [1.54, 1.807) is 0 Å². The number of aromatic nitrogens is 2. The fourth-order valence-electron chi connectivity index (χ4n) is 1.55. The van der Waals surface area contributed by atoms with Gasteiger partial charge in [-0.3, -0.25) is 19.5 Å². The van der Waals surface area contributed by atoms with Crippen molar-refractivity contribution in [3.63, 3.8) is 0 Å². The number of benzene rings is 1. The zero-order valence-corrected chi connectivity index (χ0v) is 9.72. The van der Waals surface area contributed by atoms with E-state index in [2.05, 4.69) is 4.98 Å². The van der Waals surface area contributed by atoms with Crippen LogP contribution >= 0.6 is 0 Å². The van der Waals surface area contributed by atoms with Crippen molar-refractivity contribution in [3.05, 3.63) is 68.9 Å². The standard InChI is InChI=1S/C12H9N3O4/c16-11(8-14-6-2-5-13-12(14)17)9-3-1-4-10(7-9)15(18)19/h1-7H,8H2. The van der Waals surface area contributed by atoms with Gasteiger partial charge in [-0.05, 0) is 6.07 Å². The molecule has 1 heterocycles. The Morgan fingerprint density at radius 3 is 2.84 bits per heavy atom. The molecule has 7 heteroatoms. The molecular weight excluding hydrogens is 250 g/mol. The van der Waals surface area contributed by atoms with Crippen molar-refractivity contribution in [1.82, 2.24) is 9.55 Å². The Kier molecular flexibility index (Phi) is 3.46. The molecule has 0 saturated carbocycles. The molecule has 0 radical (unpaired) electrons. The molecule has 0 amide bonds. The van der Waals surface area contributed by atoms with E-state index in [9.17, 15) is 19.7 Å². The monoisotopic (exact) mass is 259 g/mol. The minimum atomic E-state index is -0.576. The van der Waals surface area contributed by atoms with Crippen LogP contribution in [0.4, 0.5) is 5.69 Å². The first-order valence-electron chi connectivity index (χ1n) is 5.37. The molecule has 7 nitrogen and oxygen atoms in total. The average Bonchev–Trinajstić information content (AvgIpc) is 2.41. The van der Waals surface area contributed by atoms with Crippen molar-refractivity contribution in [1.29, 1.82) is 0 Å². The summed E-state index contributed by atoms with van der Waals surface area (Å²) in [5.41, 5.74) is -0.518. The molecule has 0 atom stereocenters. The lowest BCUT2D eigenvalue weighted by Crippen LogP contribution is -2.25. The maximum Gasteiger partial charge on any atom is 0.347 e. The fourth-order valence-corrected chi connectivity index (χ4v) is 1.55. The molecule has 1 aromatic heterocycles. The van der Waals surface area contributed by atoms with Crippen LogP contribution in [0.2, 0.25) is 0 Å². The molecule has 0 N–H and O–H groups in total. The summed E-state index contributed by atoms with van der Waals surface area (Å²) in [6.07, 6.45) is 2.77. The quantitative estimate of drug-likeness (QED) is 0.464. The second-order valence-corrected chi connectivity index (χ2v) is 3.76. The Morgan fingerprint density at radius 1 is 1.37 bits per heavy atom. The maximum absolute atomic E-state index is 11.9. The molecule has 0 unspecified atom stereocenters. The van der Waals surface area contributed by atoms with Crippen LogP contribution in [-0.4, -0.2) is 20.3 Å². The van der Waals surface area contributed by atoms with Crippen LogP contribution in [0, 0.1) is 10.1 Å². The van der Waals surface area contributed by atoms with Crippen LogP contribution in [0.25, 0.3) is 0 Å². The summed E-state index contributed by atoms with van der Waals surface area (Å²) in [4.78, 5) is 36.8. The van der Waals surface area contributed by atoms with Gasteiger partial charge in [-0.2, -0.15) is 0 Å². The van der Waals surface area contributed by atoms with E-state index < -0.39 is 10.6 Å². The highest BCUT2D eigenvalue weighted by molar-refractivity contribution is 5.96. The summed E-state index contributed by atoms with van der Waals surface area (Å²) >= 11 is 0. The minimum absolute atomic E-state index is 0.163. The highest BCUT2D eigenvalue weighted by Gasteiger charge is 2.12. The highest BCUT2D eigenvalue weighted by atomic mass is 16.6. The Morgan fingerprint density at radius 2 is 2.16 bits per heavy atom. The number of nitrogens with zero attached hydrogens (tertiary/aromatic N) is 3. The van der Waals surface area contributed by atoms with Crippen molar-refractivity contribution in [2.24, 2.45) is 0 Å². The summed E-state index contributed by atoms with van der Waals surface area (Å²) in [5.74, 6) is -0.390. The number of carbonyl (C=O) groups is 1. The maximum atomic E-state index is 11.9. The lowest BCUT2D eigenvalue weighted by Gasteiger charge is -2.03. The molecule has 0 aliphatic rings. The lowest BCUT2D eigenvalue weighted by molar-refractivity contribution is -0.384. The van der Waals surface area contributed by atoms with Gasteiger partial charge in [0.05, 0.1) is 11.5 Å². The number of hydrogen-bond donors (Lipinski definition) is 0. The van der Waals surface area contributed by atoms with Crippen LogP contribution in [0.15, 0.2) is 47.5 Å². The van der Waals surface area contributed by atoms with Crippen molar-refractivity contribution in [3.8, 4) is 0 Å². The zero-order valence-electron chi connectivity index (χ0n) is 9.72. The Hall–Kier alpha value is -2.83. The molecule has 0 fully saturated rings. The molecule has 1 aromatic carbocycles. The average molecular weight is 259 g/mol. The number of Topliss-reactive ketones (excluding diaryl/α,β-unsaturated/α-hetero) is 1. The van der Waals surface area contributed by atoms with Crippen LogP contribution in [-0.2, 0) is 6.54 Å². The van der Waals surface area contributed by atoms with Gasteiger partial charge in [0.2, 0.25) is 0 Å². The van der Waals surface area contributed by atoms with E-state index in [4.69, 9.17) is 0 Å². The predicted octanol–water partition coefficient (Wildman–Crippen LogP) is 1.03. The molecule has 96 valence electrons. The van der Waals surface area contributed by atoms with E-state index in [0.29, 0.717) is 0 Å². The first-order valence-corrected chi connectivity index (χ1v) is 5.37. The summed E-state index contributed by atoms with van der Waals surface area (Å²) in [6.45, 7) is -0.201. The lowest BCUT2D eigenvalue weighted by atomic mass is 10.1. The van der Waals surface area contributed by atoms with Gasteiger partial charge in [0, 0.05) is 30.1 Å². The summed E-state index contributed by atoms with van der Waals surface area (Å²) in [6, 6.07) is 6.91. The van der Waals surface area contributed by atoms with Gasteiger partial charge in [0.1, 0.15) is 0 Å². The van der Waals surface area contributed by atoms with Crippen molar-refractivity contribution >= 4 is 11.5 Å². The SMILES string of the molecule is O=C(Cn1cccnc1=O)c1cccc([N+](=O)[O-])c1. The van der Waals surface area contributed by atoms with Gasteiger partial charge in [-0.25, -0.2) is 9.78 Å². The third kappa shape index (κ3) is 2.89. The molecule has 0 bridgehead atoms. The van der Waals surface area contributed by atoms with Crippen molar-refractivity contribution in [2.75, 3.05) is 0 Å². The van der Waals surface area contributed by atoms with Gasteiger partial charge in [0.25, 0.3) is 5.69 Å². The first kappa shape index (κ1) is 12.6. The number of non-ortho nitro benzene ring substituents is 1. The minimum Gasteiger partial charge on any atom is -0.292 e. The summed E-state index contributed by atoms with van der Waals surface area (Å²) in [7, 11) is 0.